The molecule has 1 saturated heterocycles. The highest BCUT2D eigenvalue weighted by atomic mass is 35.5. The maximum atomic E-state index is 12.7. The Balaban J connectivity index is 1.86. The molecule has 3 heterocycles. The van der Waals surface area contributed by atoms with Gasteiger partial charge in [-0.1, -0.05) is 11.6 Å². The summed E-state index contributed by atoms with van der Waals surface area (Å²) in [4.78, 5) is 24.9. The zero-order valence-electron chi connectivity index (χ0n) is 18.2. The lowest BCUT2D eigenvalue weighted by molar-refractivity contribution is 0.0598. The molecule has 1 aromatic carbocycles. The van der Waals surface area contributed by atoms with E-state index in [-0.39, 0.29) is 22.6 Å². The molecule has 0 bridgehead atoms. The Morgan fingerprint density at radius 2 is 2.00 bits per heavy atom. The molecule has 1 fully saturated rings. The van der Waals surface area contributed by atoms with Gasteiger partial charge in [-0.25, -0.2) is 4.79 Å². The van der Waals surface area contributed by atoms with E-state index in [0.29, 0.717) is 29.7 Å². The van der Waals surface area contributed by atoms with Crippen LogP contribution >= 0.6 is 11.6 Å². The first kappa shape index (κ1) is 21.7. The monoisotopic (exact) mass is 446 g/mol. The minimum Gasteiger partial charge on any atom is -0.492 e. The van der Waals surface area contributed by atoms with Gasteiger partial charge in [0.1, 0.15) is 11.3 Å². The number of carbonyl (C=O) groups excluding carboxylic acids is 1. The van der Waals surface area contributed by atoms with Gasteiger partial charge in [-0.05, 0) is 44.4 Å². The number of benzene rings is 1. The molecule has 1 aromatic heterocycles. The number of pyridine rings is 1. The van der Waals surface area contributed by atoms with Crippen molar-refractivity contribution in [2.24, 2.45) is 0 Å². The largest absolute Gasteiger partial charge is 0.492 e. The number of halogens is 1. The normalized spacial score (nSPS) is 18.2. The topological polar surface area (TPSA) is 70.0 Å². The fourth-order valence-electron chi connectivity index (χ4n) is 4.61. The lowest BCUT2D eigenvalue weighted by Gasteiger charge is -2.44. The standard InChI is InChI=1S/C23H27ClN2O5/c1-23(2)7-6-18-15-11-21(31-9-5-8-29-3)17(24)10-14(15)19-12-20(27)16(22(28)30-4)13-25(19)26(18)23/h10-13,18H,5-9H2,1-4H3/t18-/m0/s1. The van der Waals surface area contributed by atoms with Crippen molar-refractivity contribution in [3.8, 4) is 17.0 Å². The molecule has 1 atom stereocenters. The van der Waals surface area contributed by atoms with E-state index in [4.69, 9.17) is 25.8 Å². The first-order valence-corrected chi connectivity index (χ1v) is 10.8. The minimum atomic E-state index is -0.641. The van der Waals surface area contributed by atoms with Crippen LogP contribution in [0.15, 0.2) is 29.2 Å². The lowest BCUT2D eigenvalue weighted by atomic mass is 9.94. The second-order valence-corrected chi connectivity index (χ2v) is 8.96. The second kappa shape index (κ2) is 8.20. The van der Waals surface area contributed by atoms with E-state index in [0.717, 1.165) is 30.4 Å². The zero-order valence-corrected chi connectivity index (χ0v) is 19.0. The third-order valence-electron chi connectivity index (χ3n) is 6.10. The van der Waals surface area contributed by atoms with Gasteiger partial charge in [-0.3, -0.25) is 14.5 Å². The zero-order chi connectivity index (χ0) is 22.3. The number of aromatic nitrogens is 1. The molecule has 4 rings (SSSR count). The molecule has 0 unspecified atom stereocenters. The molecule has 0 spiro atoms. The van der Waals surface area contributed by atoms with Crippen LogP contribution in [-0.4, -0.2) is 43.6 Å². The predicted octanol–water partition coefficient (Wildman–Crippen LogP) is 3.94. The number of nitrogens with zero attached hydrogens (tertiary/aromatic N) is 2. The van der Waals surface area contributed by atoms with Crippen LogP contribution in [0.25, 0.3) is 11.3 Å². The summed E-state index contributed by atoms with van der Waals surface area (Å²) >= 11 is 6.55. The van der Waals surface area contributed by atoms with Gasteiger partial charge in [0.25, 0.3) is 0 Å². The molecule has 7 nitrogen and oxygen atoms in total. The van der Waals surface area contributed by atoms with E-state index in [1.165, 1.54) is 13.2 Å². The fourth-order valence-corrected chi connectivity index (χ4v) is 4.82. The number of fused-ring (bicyclic) bond motifs is 6. The average molecular weight is 447 g/mol. The van der Waals surface area contributed by atoms with Crippen LogP contribution in [0.5, 0.6) is 5.75 Å². The number of esters is 1. The number of ether oxygens (including phenoxy) is 3. The van der Waals surface area contributed by atoms with Crippen LogP contribution in [0.4, 0.5) is 0 Å². The summed E-state index contributed by atoms with van der Waals surface area (Å²) in [5.74, 6) is -0.0133. The molecule has 2 aliphatic heterocycles. The van der Waals surface area contributed by atoms with E-state index >= 15 is 0 Å². The van der Waals surface area contributed by atoms with Crippen molar-refractivity contribution >= 4 is 17.6 Å². The smallest absolute Gasteiger partial charge is 0.343 e. The number of hydrogen-bond acceptors (Lipinski definition) is 6. The molecule has 166 valence electrons. The number of methoxy groups -OCH3 is 2. The van der Waals surface area contributed by atoms with Crippen molar-refractivity contribution in [2.45, 2.75) is 44.7 Å². The third-order valence-corrected chi connectivity index (χ3v) is 6.40. The number of rotatable bonds is 6. The lowest BCUT2D eigenvalue weighted by Crippen LogP contribution is -2.50. The van der Waals surface area contributed by atoms with Crippen molar-refractivity contribution in [3.05, 3.63) is 50.8 Å². The number of hydrogen-bond donors (Lipinski definition) is 0. The average Bonchev–Trinajstić information content (AvgIpc) is 3.06. The Morgan fingerprint density at radius 3 is 2.71 bits per heavy atom. The molecular formula is C23H27ClN2O5. The van der Waals surface area contributed by atoms with Gasteiger partial charge in [0, 0.05) is 38.0 Å². The van der Waals surface area contributed by atoms with E-state index in [9.17, 15) is 9.59 Å². The molecule has 0 radical (unpaired) electrons. The Hall–Kier alpha value is -2.51. The Bertz CT molecular complexity index is 1080. The summed E-state index contributed by atoms with van der Waals surface area (Å²) in [5.41, 5.74) is 2.12. The Labute approximate surface area is 186 Å². The molecular weight excluding hydrogens is 420 g/mol. The van der Waals surface area contributed by atoms with Crippen LogP contribution in [0, 0.1) is 0 Å². The fraction of sp³-hybridized carbons (Fsp3) is 0.478. The van der Waals surface area contributed by atoms with E-state index in [1.54, 1.807) is 13.3 Å². The van der Waals surface area contributed by atoms with Gasteiger partial charge in [-0.2, -0.15) is 0 Å². The predicted molar refractivity (Wildman–Crippen MR) is 119 cm³/mol. The SMILES string of the molecule is COCCCOc1cc2c(cc1Cl)-c1cc(=O)c(C(=O)OC)cn1N1[C@H]2CCC1(C)C. The van der Waals surface area contributed by atoms with Crippen molar-refractivity contribution in [2.75, 3.05) is 32.4 Å². The summed E-state index contributed by atoms with van der Waals surface area (Å²) in [5, 5.41) is 2.72. The third kappa shape index (κ3) is 3.70. The van der Waals surface area contributed by atoms with Crippen molar-refractivity contribution in [1.82, 2.24) is 4.68 Å². The van der Waals surface area contributed by atoms with Crippen LogP contribution < -0.4 is 15.2 Å². The highest BCUT2D eigenvalue weighted by Gasteiger charge is 2.45. The van der Waals surface area contributed by atoms with Crippen LogP contribution in [0.2, 0.25) is 5.02 Å². The van der Waals surface area contributed by atoms with Gasteiger partial charge in [-0.15, -0.1) is 0 Å². The highest BCUT2D eigenvalue weighted by molar-refractivity contribution is 6.32. The van der Waals surface area contributed by atoms with E-state index < -0.39 is 5.97 Å². The Morgan fingerprint density at radius 1 is 1.23 bits per heavy atom. The van der Waals surface area contributed by atoms with Gasteiger partial charge in [0.15, 0.2) is 5.43 Å². The summed E-state index contributed by atoms with van der Waals surface area (Å²) in [6.45, 7) is 5.45. The molecule has 0 N–H and O–H groups in total. The maximum absolute atomic E-state index is 12.7. The number of carbonyl (C=O) groups is 1. The van der Waals surface area contributed by atoms with Crippen LogP contribution in [0.1, 0.15) is 55.1 Å². The summed E-state index contributed by atoms with van der Waals surface area (Å²) in [6.07, 6.45) is 4.25. The summed E-state index contributed by atoms with van der Waals surface area (Å²) in [7, 11) is 2.94. The molecule has 2 aliphatic rings. The van der Waals surface area contributed by atoms with Crippen molar-refractivity contribution in [1.29, 1.82) is 0 Å². The second-order valence-electron chi connectivity index (χ2n) is 8.55. The molecule has 31 heavy (non-hydrogen) atoms. The summed E-state index contributed by atoms with van der Waals surface area (Å²) in [6, 6.07) is 5.41. The van der Waals surface area contributed by atoms with Crippen LogP contribution in [0.3, 0.4) is 0 Å². The van der Waals surface area contributed by atoms with E-state index in [1.807, 2.05) is 16.8 Å². The minimum absolute atomic E-state index is 0.0142. The molecule has 0 saturated carbocycles. The molecule has 0 aliphatic carbocycles. The summed E-state index contributed by atoms with van der Waals surface area (Å²) < 4.78 is 17.7. The van der Waals surface area contributed by atoms with Crippen molar-refractivity contribution < 1.29 is 19.0 Å². The van der Waals surface area contributed by atoms with Gasteiger partial charge < -0.3 is 14.2 Å². The first-order valence-electron chi connectivity index (χ1n) is 10.4. The van der Waals surface area contributed by atoms with Gasteiger partial charge in [0.2, 0.25) is 0 Å². The highest BCUT2D eigenvalue weighted by Crippen LogP contribution is 2.49. The maximum Gasteiger partial charge on any atom is 0.343 e. The van der Waals surface area contributed by atoms with Crippen molar-refractivity contribution in [3.63, 3.8) is 0 Å². The van der Waals surface area contributed by atoms with E-state index in [2.05, 4.69) is 18.9 Å². The quantitative estimate of drug-likeness (QED) is 0.494. The molecule has 0 amide bonds. The first-order chi connectivity index (χ1) is 14.8. The molecule has 8 heteroatoms. The Kier molecular flexibility index (Phi) is 5.75. The van der Waals surface area contributed by atoms with Gasteiger partial charge >= 0.3 is 5.97 Å². The van der Waals surface area contributed by atoms with Crippen LogP contribution in [-0.2, 0) is 9.47 Å². The molecule has 2 aromatic rings. The van der Waals surface area contributed by atoms with Gasteiger partial charge in [0.05, 0.1) is 36.0 Å².